The number of carboxylic acids is 1. The number of hydrogen-bond acceptors (Lipinski definition) is 3. The van der Waals surface area contributed by atoms with Crippen LogP contribution in [0.15, 0.2) is 48.5 Å². The van der Waals surface area contributed by atoms with Gasteiger partial charge in [0.2, 0.25) is 0 Å². The molecule has 0 aliphatic carbocycles. The van der Waals surface area contributed by atoms with Gasteiger partial charge in [-0.05, 0) is 30.2 Å². The largest absolute Gasteiger partial charge is 0.497 e. The van der Waals surface area contributed by atoms with Gasteiger partial charge in [-0.1, -0.05) is 50.1 Å². The quantitative estimate of drug-likeness (QED) is 0.401. The van der Waals surface area contributed by atoms with Crippen LogP contribution in [0, 0.1) is 0 Å². The lowest BCUT2D eigenvalue weighted by atomic mass is 10.0. The number of benzene rings is 2. The van der Waals surface area contributed by atoms with E-state index in [1.807, 2.05) is 24.3 Å². The monoisotopic (exact) mass is 340 g/mol. The number of ether oxygens (including phenoxy) is 2. The summed E-state index contributed by atoms with van der Waals surface area (Å²) in [6, 6.07) is 14.5. The highest BCUT2D eigenvalue weighted by atomic mass is 16.5. The van der Waals surface area contributed by atoms with E-state index >= 15 is 0 Å². The van der Waals surface area contributed by atoms with Crippen LogP contribution in [-0.2, 0) is 4.79 Å². The molecule has 2 rings (SSSR count). The average molecular weight is 340 g/mol. The molecule has 4 nitrogen and oxygen atoms in total. The van der Waals surface area contributed by atoms with Gasteiger partial charge in [-0.2, -0.15) is 0 Å². The Morgan fingerprint density at radius 1 is 1.12 bits per heavy atom. The van der Waals surface area contributed by atoms with E-state index in [1.54, 1.807) is 37.5 Å². The number of carbonyl (C=O) groups is 1. The van der Waals surface area contributed by atoms with Gasteiger partial charge in [-0.15, -0.1) is 0 Å². The van der Waals surface area contributed by atoms with E-state index in [0.717, 1.165) is 24.8 Å². The van der Waals surface area contributed by atoms with E-state index < -0.39 is 5.97 Å². The molecule has 0 atom stereocenters. The summed E-state index contributed by atoms with van der Waals surface area (Å²) in [6.45, 7) is 2.73. The lowest BCUT2D eigenvalue weighted by Crippen LogP contribution is -2.02. The van der Waals surface area contributed by atoms with Crippen molar-refractivity contribution in [2.24, 2.45) is 0 Å². The van der Waals surface area contributed by atoms with Crippen LogP contribution < -0.4 is 9.47 Å². The smallest absolute Gasteiger partial charge is 0.336 e. The minimum atomic E-state index is -0.973. The third-order valence-corrected chi connectivity index (χ3v) is 3.84. The summed E-state index contributed by atoms with van der Waals surface area (Å²) in [5.41, 5.74) is 1.60. The topological polar surface area (TPSA) is 55.8 Å². The van der Waals surface area contributed by atoms with Gasteiger partial charge >= 0.3 is 5.97 Å². The van der Waals surface area contributed by atoms with Crippen LogP contribution in [0.4, 0.5) is 0 Å². The minimum Gasteiger partial charge on any atom is -0.497 e. The van der Waals surface area contributed by atoms with Crippen molar-refractivity contribution in [3.05, 3.63) is 59.7 Å². The Morgan fingerprint density at radius 2 is 1.88 bits per heavy atom. The highest BCUT2D eigenvalue weighted by molar-refractivity contribution is 6.20. The maximum atomic E-state index is 11.7. The number of unbranched alkanes of at least 4 members (excludes halogenated alkanes) is 2. The predicted octanol–water partition coefficient (Wildman–Crippen LogP) is 4.89. The average Bonchev–Trinajstić information content (AvgIpc) is 2.64. The fourth-order valence-electron chi connectivity index (χ4n) is 2.46. The van der Waals surface area contributed by atoms with Crippen LogP contribution in [0.25, 0.3) is 11.6 Å². The van der Waals surface area contributed by atoms with E-state index in [-0.39, 0.29) is 5.57 Å². The van der Waals surface area contributed by atoms with E-state index in [1.165, 1.54) is 0 Å². The third-order valence-electron chi connectivity index (χ3n) is 3.84. The van der Waals surface area contributed by atoms with Gasteiger partial charge in [0.1, 0.15) is 11.5 Å². The van der Waals surface area contributed by atoms with Crippen molar-refractivity contribution in [3.8, 4) is 11.5 Å². The number of aliphatic carboxylic acids is 1. The van der Waals surface area contributed by atoms with Crippen LogP contribution in [0.2, 0.25) is 0 Å². The Labute approximate surface area is 148 Å². The van der Waals surface area contributed by atoms with Crippen molar-refractivity contribution >= 4 is 17.6 Å². The molecule has 0 aliphatic rings. The molecule has 1 N–H and O–H groups in total. The molecule has 132 valence electrons. The molecule has 0 saturated heterocycles. The molecule has 0 bridgehead atoms. The summed E-state index contributed by atoms with van der Waals surface area (Å²) < 4.78 is 11.1. The molecule has 0 unspecified atom stereocenters. The van der Waals surface area contributed by atoms with Crippen molar-refractivity contribution in [3.63, 3.8) is 0 Å². The standard InChI is InChI=1S/C21H24O4/c1-3-4-8-13-25-20-15-18(24-2)12-11-17(20)14-19(21(22)23)16-9-6-5-7-10-16/h5-7,9-12,14-15H,3-4,8,13H2,1-2H3,(H,22,23)/b19-14-. The Bertz CT molecular complexity index is 720. The SMILES string of the molecule is CCCCCOc1cc(OC)ccc1/C=C(\C(=O)O)c1ccccc1. The van der Waals surface area contributed by atoms with Gasteiger partial charge in [0.05, 0.1) is 19.3 Å². The second kappa shape index (κ2) is 9.52. The molecule has 2 aromatic carbocycles. The first-order valence-electron chi connectivity index (χ1n) is 8.47. The molecule has 4 heteroatoms. The second-order valence-electron chi connectivity index (χ2n) is 5.69. The van der Waals surface area contributed by atoms with Crippen molar-refractivity contribution in [1.29, 1.82) is 0 Å². The number of hydrogen-bond donors (Lipinski definition) is 1. The lowest BCUT2D eigenvalue weighted by molar-refractivity contribution is -0.130. The van der Waals surface area contributed by atoms with Gasteiger partial charge in [0.25, 0.3) is 0 Å². The molecule has 25 heavy (non-hydrogen) atoms. The fraction of sp³-hybridized carbons (Fsp3) is 0.286. The van der Waals surface area contributed by atoms with Gasteiger partial charge in [0, 0.05) is 11.6 Å². The van der Waals surface area contributed by atoms with Crippen LogP contribution in [0.1, 0.15) is 37.3 Å². The summed E-state index contributed by atoms with van der Waals surface area (Å²) in [7, 11) is 1.60. The molecule has 0 amide bonds. The van der Waals surface area contributed by atoms with Crippen LogP contribution in [0.5, 0.6) is 11.5 Å². The second-order valence-corrected chi connectivity index (χ2v) is 5.69. The van der Waals surface area contributed by atoms with Crippen molar-refractivity contribution in [2.75, 3.05) is 13.7 Å². The Morgan fingerprint density at radius 3 is 2.52 bits per heavy atom. The fourth-order valence-corrected chi connectivity index (χ4v) is 2.46. The molecular weight excluding hydrogens is 316 g/mol. The third kappa shape index (κ3) is 5.38. The maximum Gasteiger partial charge on any atom is 0.336 e. The molecule has 0 aliphatic heterocycles. The highest BCUT2D eigenvalue weighted by Crippen LogP contribution is 2.29. The number of carboxylic acid groups (broad SMARTS) is 1. The Balaban J connectivity index is 2.36. The molecule has 0 fully saturated rings. The number of methoxy groups -OCH3 is 1. The molecule has 0 saturated carbocycles. The molecule has 0 spiro atoms. The first-order valence-corrected chi connectivity index (χ1v) is 8.47. The van der Waals surface area contributed by atoms with Crippen LogP contribution in [0.3, 0.4) is 0 Å². The van der Waals surface area contributed by atoms with Crippen molar-refractivity contribution in [1.82, 2.24) is 0 Å². The van der Waals surface area contributed by atoms with Crippen LogP contribution >= 0.6 is 0 Å². The summed E-state index contributed by atoms with van der Waals surface area (Å²) in [5, 5.41) is 9.59. The Kier molecular flexibility index (Phi) is 7.08. The van der Waals surface area contributed by atoms with Gasteiger partial charge in [-0.3, -0.25) is 0 Å². The molecule has 0 aromatic heterocycles. The molecular formula is C21H24O4. The first kappa shape index (κ1) is 18.6. The zero-order chi connectivity index (χ0) is 18.1. The zero-order valence-corrected chi connectivity index (χ0v) is 14.7. The van der Waals surface area contributed by atoms with E-state index in [9.17, 15) is 9.90 Å². The normalized spacial score (nSPS) is 11.2. The molecule has 0 heterocycles. The zero-order valence-electron chi connectivity index (χ0n) is 14.7. The van der Waals surface area contributed by atoms with Crippen molar-refractivity contribution in [2.45, 2.75) is 26.2 Å². The number of rotatable bonds is 9. The summed E-state index contributed by atoms with van der Waals surface area (Å²) in [4.78, 5) is 11.7. The first-order chi connectivity index (χ1) is 12.2. The molecule has 0 radical (unpaired) electrons. The Hall–Kier alpha value is -2.75. The van der Waals surface area contributed by atoms with Gasteiger partial charge < -0.3 is 14.6 Å². The van der Waals surface area contributed by atoms with Crippen LogP contribution in [-0.4, -0.2) is 24.8 Å². The maximum absolute atomic E-state index is 11.7. The summed E-state index contributed by atoms with van der Waals surface area (Å²) in [5.74, 6) is 0.336. The van der Waals surface area contributed by atoms with Gasteiger partial charge in [-0.25, -0.2) is 4.79 Å². The van der Waals surface area contributed by atoms with E-state index in [0.29, 0.717) is 23.7 Å². The summed E-state index contributed by atoms with van der Waals surface area (Å²) in [6.07, 6.45) is 4.82. The molecule has 2 aromatic rings. The van der Waals surface area contributed by atoms with E-state index in [4.69, 9.17) is 9.47 Å². The lowest BCUT2D eigenvalue weighted by Gasteiger charge is -2.12. The predicted molar refractivity (Wildman–Crippen MR) is 100.0 cm³/mol. The van der Waals surface area contributed by atoms with Crippen molar-refractivity contribution < 1.29 is 19.4 Å². The van der Waals surface area contributed by atoms with Gasteiger partial charge in [0.15, 0.2) is 0 Å². The van der Waals surface area contributed by atoms with E-state index in [2.05, 4.69) is 6.92 Å². The summed E-state index contributed by atoms with van der Waals surface area (Å²) >= 11 is 0. The highest BCUT2D eigenvalue weighted by Gasteiger charge is 2.12. The minimum absolute atomic E-state index is 0.226.